The van der Waals surface area contributed by atoms with Gasteiger partial charge in [-0.25, -0.2) is 0 Å². The lowest BCUT2D eigenvalue weighted by Crippen LogP contribution is -2.41. The molecule has 0 amide bonds. The summed E-state index contributed by atoms with van der Waals surface area (Å²) in [6.45, 7) is 5.29. The van der Waals surface area contributed by atoms with E-state index in [9.17, 15) is 4.79 Å². The predicted molar refractivity (Wildman–Crippen MR) is 96.6 cm³/mol. The molecule has 134 valence electrons. The summed E-state index contributed by atoms with van der Waals surface area (Å²) in [5, 5.41) is 6.40. The van der Waals surface area contributed by atoms with Crippen LogP contribution in [0.15, 0.2) is 29.3 Å². The molecule has 6 nitrogen and oxygen atoms in total. The molecule has 0 saturated carbocycles. The highest BCUT2D eigenvalue weighted by molar-refractivity contribution is 5.80. The summed E-state index contributed by atoms with van der Waals surface area (Å²) in [5.41, 5.74) is 1.28. The Morgan fingerprint density at radius 2 is 1.83 bits per heavy atom. The van der Waals surface area contributed by atoms with Crippen LogP contribution in [0.1, 0.15) is 31.7 Å². The minimum atomic E-state index is -0.230. The summed E-state index contributed by atoms with van der Waals surface area (Å²) in [4.78, 5) is 15.6. The smallest absolute Gasteiger partial charge is 0.310 e. The van der Waals surface area contributed by atoms with E-state index in [1.807, 2.05) is 19.1 Å². The number of hydrogen-bond acceptors (Lipinski definition) is 4. The Bertz CT molecular complexity index is 529. The van der Waals surface area contributed by atoms with Gasteiger partial charge in [-0.3, -0.25) is 9.79 Å². The number of ether oxygens (including phenoxy) is 2. The third-order valence-electron chi connectivity index (χ3n) is 3.96. The molecule has 0 aromatic heterocycles. The fourth-order valence-electron chi connectivity index (χ4n) is 2.26. The molecule has 2 unspecified atom stereocenters. The maximum absolute atomic E-state index is 11.4. The van der Waals surface area contributed by atoms with Crippen LogP contribution in [0.5, 0.6) is 5.75 Å². The molecule has 1 rings (SSSR count). The van der Waals surface area contributed by atoms with E-state index >= 15 is 0 Å². The number of carbonyl (C=O) groups is 1. The summed E-state index contributed by atoms with van der Waals surface area (Å²) in [5.74, 6) is 1.54. The zero-order valence-electron chi connectivity index (χ0n) is 15.3. The Labute approximate surface area is 144 Å². The molecule has 6 heteroatoms. The van der Waals surface area contributed by atoms with E-state index in [-0.39, 0.29) is 11.9 Å². The first kappa shape index (κ1) is 19.8. The van der Waals surface area contributed by atoms with Gasteiger partial charge in [0.15, 0.2) is 5.96 Å². The average Bonchev–Trinajstić information content (AvgIpc) is 2.63. The van der Waals surface area contributed by atoms with Crippen molar-refractivity contribution >= 4 is 11.9 Å². The first-order chi connectivity index (χ1) is 11.5. The molecular weight excluding hydrogens is 306 g/mol. The zero-order chi connectivity index (χ0) is 17.9. The van der Waals surface area contributed by atoms with E-state index in [1.165, 1.54) is 12.7 Å². The number of carbonyl (C=O) groups excluding carboxylic acids is 1. The second kappa shape index (κ2) is 10.5. The Kier molecular flexibility index (Phi) is 8.68. The summed E-state index contributed by atoms with van der Waals surface area (Å²) in [6.07, 6.45) is 0.972. The van der Waals surface area contributed by atoms with Gasteiger partial charge in [-0.1, -0.05) is 26.0 Å². The molecule has 2 N–H and O–H groups in total. The van der Waals surface area contributed by atoms with Gasteiger partial charge >= 0.3 is 5.97 Å². The van der Waals surface area contributed by atoms with E-state index in [2.05, 4.69) is 34.7 Å². The molecule has 0 spiro atoms. The molecule has 1 aromatic rings. The van der Waals surface area contributed by atoms with Crippen molar-refractivity contribution in [2.24, 2.45) is 10.9 Å². The molecule has 0 bridgehead atoms. The van der Waals surface area contributed by atoms with Crippen molar-refractivity contribution in [2.45, 2.75) is 26.2 Å². The highest BCUT2D eigenvalue weighted by Gasteiger charge is 2.13. The van der Waals surface area contributed by atoms with E-state index < -0.39 is 0 Å². The Hall–Kier alpha value is -2.24. The standard InChI is InChI=1S/C18H29N3O3/c1-13(15-6-8-16(23-4)9-7-15)10-11-20-18(19-3)21-12-14(2)17(22)24-5/h6-9,13-14H,10-12H2,1-5H3,(H2,19,20,21). The number of nitrogens with one attached hydrogen (secondary N) is 2. The lowest BCUT2D eigenvalue weighted by molar-refractivity contribution is -0.144. The zero-order valence-corrected chi connectivity index (χ0v) is 15.3. The SMILES string of the molecule is CN=C(NCCC(C)c1ccc(OC)cc1)NCC(C)C(=O)OC. The van der Waals surface area contributed by atoms with Gasteiger partial charge in [0.25, 0.3) is 0 Å². The van der Waals surface area contributed by atoms with E-state index in [1.54, 1.807) is 14.2 Å². The number of guanidine groups is 1. The van der Waals surface area contributed by atoms with E-state index in [0.717, 1.165) is 18.7 Å². The molecule has 2 atom stereocenters. The van der Waals surface area contributed by atoms with Crippen molar-refractivity contribution in [1.29, 1.82) is 0 Å². The Morgan fingerprint density at radius 1 is 1.17 bits per heavy atom. The number of hydrogen-bond donors (Lipinski definition) is 2. The van der Waals surface area contributed by atoms with Crippen LogP contribution in [0.4, 0.5) is 0 Å². The number of methoxy groups -OCH3 is 2. The van der Waals surface area contributed by atoms with Crippen molar-refractivity contribution in [1.82, 2.24) is 10.6 Å². The van der Waals surface area contributed by atoms with Crippen LogP contribution in [-0.4, -0.2) is 46.3 Å². The van der Waals surface area contributed by atoms with Gasteiger partial charge in [0, 0.05) is 20.1 Å². The number of rotatable bonds is 8. The molecule has 24 heavy (non-hydrogen) atoms. The minimum absolute atomic E-state index is 0.216. The van der Waals surface area contributed by atoms with Crippen LogP contribution in [0.2, 0.25) is 0 Å². The van der Waals surface area contributed by atoms with Crippen molar-refractivity contribution < 1.29 is 14.3 Å². The minimum Gasteiger partial charge on any atom is -0.497 e. The van der Waals surface area contributed by atoms with Crippen molar-refractivity contribution in [3.63, 3.8) is 0 Å². The van der Waals surface area contributed by atoms with Crippen LogP contribution in [0.3, 0.4) is 0 Å². The summed E-state index contributed by atoms with van der Waals surface area (Å²) >= 11 is 0. The van der Waals surface area contributed by atoms with Crippen molar-refractivity contribution in [3.8, 4) is 5.75 Å². The number of nitrogens with zero attached hydrogens (tertiary/aromatic N) is 1. The van der Waals surface area contributed by atoms with E-state index in [0.29, 0.717) is 18.4 Å². The Balaban J connectivity index is 2.36. The molecule has 0 aliphatic heterocycles. The summed E-state index contributed by atoms with van der Waals surface area (Å²) in [7, 11) is 4.78. The van der Waals surface area contributed by atoms with Gasteiger partial charge in [0.05, 0.1) is 20.1 Å². The monoisotopic (exact) mass is 335 g/mol. The predicted octanol–water partition coefficient (Wildman–Crippen LogP) is 2.16. The lowest BCUT2D eigenvalue weighted by atomic mass is 9.98. The maximum atomic E-state index is 11.4. The normalized spacial score (nSPS) is 13.8. The van der Waals surface area contributed by atoms with E-state index in [4.69, 9.17) is 9.47 Å². The van der Waals surface area contributed by atoms with Crippen molar-refractivity contribution in [3.05, 3.63) is 29.8 Å². The first-order valence-corrected chi connectivity index (χ1v) is 8.18. The molecule has 1 aromatic carbocycles. The topological polar surface area (TPSA) is 72.0 Å². The average molecular weight is 335 g/mol. The first-order valence-electron chi connectivity index (χ1n) is 8.18. The fourth-order valence-corrected chi connectivity index (χ4v) is 2.26. The lowest BCUT2D eigenvalue weighted by Gasteiger charge is -2.17. The van der Waals surface area contributed by atoms with Crippen LogP contribution in [0, 0.1) is 5.92 Å². The van der Waals surface area contributed by atoms with Gasteiger partial charge in [-0.05, 0) is 30.0 Å². The summed E-state index contributed by atoms with van der Waals surface area (Å²) < 4.78 is 9.89. The van der Waals surface area contributed by atoms with Crippen LogP contribution in [-0.2, 0) is 9.53 Å². The fraction of sp³-hybridized carbons (Fsp3) is 0.556. The highest BCUT2D eigenvalue weighted by Crippen LogP contribution is 2.21. The van der Waals surface area contributed by atoms with Gasteiger partial charge in [-0.15, -0.1) is 0 Å². The second-order valence-electron chi connectivity index (χ2n) is 5.77. The highest BCUT2D eigenvalue weighted by atomic mass is 16.5. The third kappa shape index (κ3) is 6.48. The molecule has 0 radical (unpaired) electrons. The molecular formula is C18H29N3O3. The molecule has 0 fully saturated rings. The third-order valence-corrected chi connectivity index (χ3v) is 3.96. The van der Waals surface area contributed by atoms with Crippen LogP contribution >= 0.6 is 0 Å². The molecule has 0 aliphatic carbocycles. The van der Waals surface area contributed by atoms with Gasteiger partial charge in [-0.2, -0.15) is 0 Å². The second-order valence-corrected chi connectivity index (χ2v) is 5.77. The maximum Gasteiger partial charge on any atom is 0.310 e. The number of aliphatic imine (C=N–C) groups is 1. The van der Waals surface area contributed by atoms with Gasteiger partial charge < -0.3 is 20.1 Å². The number of benzene rings is 1. The quantitative estimate of drug-likeness (QED) is 0.433. The van der Waals surface area contributed by atoms with Gasteiger partial charge in [0.2, 0.25) is 0 Å². The molecule has 0 heterocycles. The largest absolute Gasteiger partial charge is 0.497 e. The summed E-state index contributed by atoms with van der Waals surface area (Å²) in [6, 6.07) is 8.14. The van der Waals surface area contributed by atoms with Crippen LogP contribution in [0.25, 0.3) is 0 Å². The van der Waals surface area contributed by atoms with Crippen molar-refractivity contribution in [2.75, 3.05) is 34.4 Å². The number of esters is 1. The van der Waals surface area contributed by atoms with Crippen LogP contribution < -0.4 is 15.4 Å². The molecule has 0 aliphatic rings. The molecule has 0 saturated heterocycles. The Morgan fingerprint density at radius 3 is 2.38 bits per heavy atom. The van der Waals surface area contributed by atoms with Gasteiger partial charge in [0.1, 0.15) is 5.75 Å².